The first-order chi connectivity index (χ1) is 13.3. The Morgan fingerprint density at radius 3 is 2.11 bits per heavy atom. The second-order valence-corrected chi connectivity index (χ2v) is 8.10. The number of ketones is 1. The zero-order valence-corrected chi connectivity index (χ0v) is 16.6. The average Bonchev–Trinajstić information content (AvgIpc) is 2.86. The fourth-order valence-corrected chi connectivity index (χ4v) is 5.02. The molecule has 2 fully saturated rings. The Balaban J connectivity index is 1.87. The molecule has 4 rings (SSSR count). The molecule has 1 amide bonds. The van der Waals surface area contributed by atoms with E-state index < -0.39 is 11.5 Å². The maximum Gasteiger partial charge on any atom is 0.243 e. The molecule has 2 saturated heterocycles. The molecular formula is C23H26N2O3. The predicted octanol–water partition coefficient (Wildman–Crippen LogP) is 3.54. The Morgan fingerprint density at radius 2 is 1.54 bits per heavy atom. The van der Waals surface area contributed by atoms with Crippen LogP contribution in [0.3, 0.4) is 0 Å². The number of rotatable bonds is 2. The fraction of sp³-hybridized carbons (Fsp3) is 0.391. The first-order valence-electron chi connectivity index (χ1n) is 9.80. The van der Waals surface area contributed by atoms with Crippen molar-refractivity contribution in [1.29, 1.82) is 0 Å². The van der Waals surface area contributed by atoms with Crippen LogP contribution in [0.15, 0.2) is 42.5 Å². The molecule has 0 aromatic heterocycles. The van der Waals surface area contributed by atoms with Crippen LogP contribution in [0.2, 0.25) is 0 Å². The van der Waals surface area contributed by atoms with Gasteiger partial charge in [-0.15, -0.1) is 0 Å². The topological polar surface area (TPSA) is 60.9 Å². The number of hydroxylamine groups is 2. The van der Waals surface area contributed by atoms with Gasteiger partial charge in [-0.1, -0.05) is 35.9 Å². The third kappa shape index (κ3) is 2.77. The molecule has 1 N–H and O–H groups in total. The molecule has 2 aromatic rings. The van der Waals surface area contributed by atoms with Crippen LogP contribution in [0, 0.1) is 20.8 Å². The van der Waals surface area contributed by atoms with E-state index in [1.165, 1.54) is 5.06 Å². The number of nitrogens with zero attached hydrogens (tertiary/aromatic N) is 2. The summed E-state index contributed by atoms with van der Waals surface area (Å²) in [7, 11) is 0. The maximum absolute atomic E-state index is 13.8. The standard InChI is InChI=1S/C23H26N2O3/c1-15-13-16(2)19(17(3)14-15)20-21(26)23(9-11-24(28)12-10-23)25(22(20)27)18-7-5-4-6-8-18/h4-8,13-14,20,28H,9-12H2,1-3H3. The van der Waals surface area contributed by atoms with Crippen LogP contribution in [0.1, 0.15) is 41.0 Å². The van der Waals surface area contributed by atoms with Crippen molar-refractivity contribution in [2.24, 2.45) is 0 Å². The Hall–Kier alpha value is -2.50. The van der Waals surface area contributed by atoms with Gasteiger partial charge in [-0.05, 0) is 62.4 Å². The molecule has 28 heavy (non-hydrogen) atoms. The summed E-state index contributed by atoms with van der Waals surface area (Å²) < 4.78 is 0. The molecule has 0 radical (unpaired) electrons. The van der Waals surface area contributed by atoms with E-state index in [0.717, 1.165) is 27.9 Å². The lowest BCUT2D eigenvalue weighted by molar-refractivity contribution is -0.135. The van der Waals surface area contributed by atoms with Crippen LogP contribution in [-0.2, 0) is 9.59 Å². The van der Waals surface area contributed by atoms with E-state index in [2.05, 4.69) is 0 Å². The van der Waals surface area contributed by atoms with Crippen molar-refractivity contribution in [2.75, 3.05) is 18.0 Å². The van der Waals surface area contributed by atoms with Crippen molar-refractivity contribution < 1.29 is 14.8 Å². The summed E-state index contributed by atoms with van der Waals surface area (Å²) in [6.07, 6.45) is 0.868. The van der Waals surface area contributed by atoms with E-state index in [0.29, 0.717) is 25.9 Å². The Labute approximate surface area is 165 Å². The van der Waals surface area contributed by atoms with Crippen LogP contribution >= 0.6 is 0 Å². The quantitative estimate of drug-likeness (QED) is 0.812. The number of Topliss-reactive ketones (excluding diaryl/α,β-unsaturated/α-hetero) is 1. The highest BCUT2D eigenvalue weighted by atomic mass is 16.5. The number of amides is 1. The molecule has 5 heteroatoms. The van der Waals surface area contributed by atoms with Gasteiger partial charge < -0.3 is 5.21 Å². The molecule has 5 nitrogen and oxygen atoms in total. The largest absolute Gasteiger partial charge is 0.314 e. The van der Waals surface area contributed by atoms with Crippen molar-refractivity contribution in [2.45, 2.75) is 45.1 Å². The Bertz CT molecular complexity index is 907. The molecule has 1 spiro atoms. The number of para-hydroxylation sites is 1. The van der Waals surface area contributed by atoms with Crippen LogP contribution in [0.5, 0.6) is 0 Å². The number of hydrogen-bond donors (Lipinski definition) is 1. The number of carbonyl (C=O) groups excluding carboxylic acids is 2. The molecular weight excluding hydrogens is 352 g/mol. The molecule has 0 bridgehead atoms. The number of piperidine rings is 1. The van der Waals surface area contributed by atoms with Crippen molar-refractivity contribution in [3.8, 4) is 0 Å². The SMILES string of the molecule is Cc1cc(C)c(C2C(=O)N(c3ccccc3)C3(CCN(O)CC3)C2=O)c(C)c1. The summed E-state index contributed by atoms with van der Waals surface area (Å²) in [6.45, 7) is 6.73. The lowest BCUT2D eigenvalue weighted by Gasteiger charge is -2.41. The molecule has 2 aliphatic heterocycles. The second kappa shape index (κ2) is 6.83. The minimum atomic E-state index is -0.897. The molecule has 0 aliphatic carbocycles. The highest BCUT2D eigenvalue weighted by Gasteiger charge is 2.60. The number of aryl methyl sites for hydroxylation is 3. The van der Waals surface area contributed by atoms with Gasteiger partial charge in [0.25, 0.3) is 0 Å². The summed E-state index contributed by atoms with van der Waals surface area (Å²) in [4.78, 5) is 29.2. The van der Waals surface area contributed by atoms with Crippen molar-refractivity contribution in [3.63, 3.8) is 0 Å². The van der Waals surface area contributed by atoms with Gasteiger partial charge in [0, 0.05) is 18.8 Å². The van der Waals surface area contributed by atoms with E-state index in [-0.39, 0.29) is 11.7 Å². The highest BCUT2D eigenvalue weighted by Crippen LogP contribution is 2.46. The third-order valence-corrected chi connectivity index (χ3v) is 6.22. The first-order valence-corrected chi connectivity index (χ1v) is 9.80. The summed E-state index contributed by atoms with van der Waals surface area (Å²) in [5, 5.41) is 11.1. The Morgan fingerprint density at radius 1 is 0.964 bits per heavy atom. The lowest BCUT2D eigenvalue weighted by Crippen LogP contribution is -2.56. The first kappa shape index (κ1) is 18.8. The molecule has 1 unspecified atom stereocenters. The summed E-state index contributed by atoms with van der Waals surface area (Å²) >= 11 is 0. The lowest BCUT2D eigenvalue weighted by atomic mass is 9.78. The monoisotopic (exact) mass is 378 g/mol. The van der Waals surface area contributed by atoms with E-state index in [1.54, 1.807) is 4.90 Å². The average molecular weight is 378 g/mol. The molecule has 2 heterocycles. The molecule has 1 atom stereocenters. The van der Waals surface area contributed by atoms with Gasteiger partial charge in [-0.3, -0.25) is 14.5 Å². The maximum atomic E-state index is 13.8. The summed E-state index contributed by atoms with van der Waals surface area (Å²) in [5.41, 5.74) is 3.77. The van der Waals surface area contributed by atoms with Gasteiger partial charge in [0.1, 0.15) is 11.5 Å². The van der Waals surface area contributed by atoms with E-state index >= 15 is 0 Å². The van der Waals surface area contributed by atoms with Gasteiger partial charge in [0.15, 0.2) is 5.78 Å². The number of hydrogen-bond acceptors (Lipinski definition) is 4. The van der Waals surface area contributed by atoms with Crippen LogP contribution in [-0.4, -0.2) is 40.6 Å². The third-order valence-electron chi connectivity index (χ3n) is 6.22. The van der Waals surface area contributed by atoms with Crippen molar-refractivity contribution in [3.05, 3.63) is 64.7 Å². The van der Waals surface area contributed by atoms with Gasteiger partial charge in [-0.25, -0.2) is 0 Å². The number of anilines is 1. The number of benzene rings is 2. The molecule has 2 aromatic carbocycles. The van der Waals surface area contributed by atoms with Gasteiger partial charge in [-0.2, -0.15) is 5.06 Å². The summed E-state index contributed by atoms with van der Waals surface area (Å²) in [5.74, 6) is -0.979. The van der Waals surface area contributed by atoms with Gasteiger partial charge >= 0.3 is 0 Å². The highest BCUT2D eigenvalue weighted by molar-refractivity contribution is 6.25. The van der Waals surface area contributed by atoms with Gasteiger partial charge in [0.05, 0.1) is 0 Å². The minimum Gasteiger partial charge on any atom is -0.314 e. The van der Waals surface area contributed by atoms with E-state index in [4.69, 9.17) is 0 Å². The van der Waals surface area contributed by atoms with Crippen molar-refractivity contribution >= 4 is 17.4 Å². The normalized spacial score (nSPS) is 22.3. The van der Waals surface area contributed by atoms with E-state index in [1.807, 2.05) is 63.2 Å². The fourth-order valence-electron chi connectivity index (χ4n) is 5.02. The van der Waals surface area contributed by atoms with Crippen LogP contribution < -0.4 is 4.90 Å². The molecule has 0 saturated carbocycles. The molecule has 2 aliphatic rings. The number of carbonyl (C=O) groups is 2. The smallest absolute Gasteiger partial charge is 0.243 e. The predicted molar refractivity (Wildman–Crippen MR) is 108 cm³/mol. The molecule has 146 valence electrons. The van der Waals surface area contributed by atoms with Crippen LogP contribution in [0.4, 0.5) is 5.69 Å². The second-order valence-electron chi connectivity index (χ2n) is 8.10. The van der Waals surface area contributed by atoms with E-state index in [9.17, 15) is 14.8 Å². The van der Waals surface area contributed by atoms with Gasteiger partial charge in [0.2, 0.25) is 5.91 Å². The van der Waals surface area contributed by atoms with Crippen LogP contribution in [0.25, 0.3) is 0 Å². The van der Waals surface area contributed by atoms with Crippen molar-refractivity contribution in [1.82, 2.24) is 5.06 Å². The summed E-state index contributed by atoms with van der Waals surface area (Å²) in [6, 6.07) is 13.5. The zero-order valence-electron chi connectivity index (χ0n) is 16.6. The zero-order chi connectivity index (χ0) is 20.1. The minimum absolute atomic E-state index is 0.0375. The Kier molecular flexibility index (Phi) is 4.60.